The quantitative estimate of drug-likeness (QED) is 0.442. The molecule has 1 aromatic carbocycles. The van der Waals surface area contributed by atoms with Crippen molar-refractivity contribution in [2.45, 2.75) is 6.92 Å². The molecular weight excluding hydrogens is 110 g/mol. The first-order valence-corrected chi connectivity index (χ1v) is 2.92. The van der Waals surface area contributed by atoms with Gasteiger partial charge in [-0.3, -0.25) is 0 Å². The molecule has 0 radical (unpaired) electrons. The fourth-order valence-corrected chi connectivity index (χ4v) is 0.919. The van der Waals surface area contributed by atoms with Crippen molar-refractivity contribution < 1.29 is 4.39 Å². The van der Waals surface area contributed by atoms with Crippen LogP contribution >= 0.6 is 0 Å². The van der Waals surface area contributed by atoms with Gasteiger partial charge in [0.2, 0.25) is 0 Å². The van der Waals surface area contributed by atoms with Gasteiger partial charge in [0, 0.05) is 0 Å². The molecule has 0 heterocycles. The summed E-state index contributed by atoms with van der Waals surface area (Å²) in [4.78, 5) is 0. The van der Waals surface area contributed by atoms with Gasteiger partial charge in [0.1, 0.15) is 0 Å². The minimum absolute atomic E-state index is 0.146. The van der Waals surface area contributed by atoms with E-state index >= 15 is 0 Å². The second-order valence-corrected chi connectivity index (χ2v) is 2.31. The molecule has 0 saturated heterocycles. The molecule has 0 amide bonds. The summed E-state index contributed by atoms with van der Waals surface area (Å²) in [5, 5.41) is 0. The second kappa shape index (κ2) is 2.56. The van der Waals surface area contributed by atoms with Crippen LogP contribution in [0.5, 0.6) is 0 Å². The van der Waals surface area contributed by atoms with Crippen molar-refractivity contribution in [2.24, 2.45) is 0 Å². The zero-order chi connectivity index (χ0) is 6.85. The summed E-state index contributed by atoms with van der Waals surface area (Å²) in [6.45, 7) is 1.88. The van der Waals surface area contributed by atoms with E-state index in [-0.39, 0.29) is 5.82 Å². The van der Waals surface area contributed by atoms with Crippen LogP contribution in [-0.4, -0.2) is 17.7 Å². The Hall–Kier alpha value is -0.253. The first-order chi connectivity index (χ1) is 4.18. The number of hydrogen-bond donors (Lipinski definition) is 0. The third kappa shape index (κ3) is 1.85. The molecule has 0 N–H and O–H groups in total. The van der Waals surface area contributed by atoms with Crippen LogP contribution in [0.25, 0.3) is 0 Å². The van der Waals surface area contributed by atoms with E-state index in [1.54, 1.807) is 0 Å². The van der Waals surface area contributed by atoms with Gasteiger partial charge in [0.25, 0.3) is 0 Å². The molecule has 0 aliphatic rings. The van der Waals surface area contributed by atoms with Crippen molar-refractivity contribution in [1.29, 1.82) is 0 Å². The molecule has 1 rings (SSSR count). The van der Waals surface area contributed by atoms with Crippen molar-refractivity contribution in [2.75, 3.05) is 0 Å². The Kier molecular flexibility index (Phi) is 1.95. The molecule has 0 aliphatic heterocycles. The zero-order valence-corrected chi connectivity index (χ0v) is 5.61. The Morgan fingerprint density at radius 1 is 1.33 bits per heavy atom. The SMILES string of the molecule is [Li][c]1cc(C)cc(F)c1. The van der Waals surface area contributed by atoms with E-state index in [0.29, 0.717) is 0 Å². The summed E-state index contributed by atoms with van der Waals surface area (Å²) < 4.78 is 13.4. The van der Waals surface area contributed by atoms with Gasteiger partial charge in [-0.05, 0) is 0 Å². The Balaban J connectivity index is 3.17. The number of aryl methyl sites for hydroxylation is 1. The van der Waals surface area contributed by atoms with E-state index in [0.717, 1.165) is 9.80 Å². The molecule has 2 heteroatoms. The topological polar surface area (TPSA) is 0 Å². The van der Waals surface area contributed by atoms with Crippen LogP contribution in [-0.2, 0) is 0 Å². The fraction of sp³-hybridized carbons (Fsp3) is 0.143. The number of halogens is 1. The van der Waals surface area contributed by atoms with E-state index < -0.39 is 0 Å². The summed E-state index contributed by atoms with van der Waals surface area (Å²) in [7, 11) is 0. The molecular formula is C7H6FLi. The molecule has 0 unspecified atom stereocenters. The summed E-state index contributed by atoms with van der Waals surface area (Å²) in [6.07, 6.45) is 0. The van der Waals surface area contributed by atoms with Crippen molar-refractivity contribution >= 4 is 22.0 Å². The van der Waals surface area contributed by atoms with Crippen LogP contribution in [0, 0.1) is 12.7 Å². The van der Waals surface area contributed by atoms with Gasteiger partial charge in [0.05, 0.1) is 0 Å². The molecule has 0 spiro atoms. The Bertz CT molecular complexity index is 170. The van der Waals surface area contributed by atoms with Crippen LogP contribution in [0.3, 0.4) is 0 Å². The fourth-order valence-electron chi connectivity index (χ4n) is 0.919. The van der Waals surface area contributed by atoms with E-state index in [9.17, 15) is 4.39 Å². The van der Waals surface area contributed by atoms with Crippen LogP contribution in [0.4, 0.5) is 4.39 Å². The predicted molar refractivity (Wildman–Crippen MR) is 36.5 cm³/mol. The van der Waals surface area contributed by atoms with Crippen LogP contribution in [0.2, 0.25) is 0 Å². The van der Waals surface area contributed by atoms with E-state index in [1.807, 2.05) is 30.7 Å². The first kappa shape index (κ1) is 6.86. The Labute approximate surface area is 63.3 Å². The van der Waals surface area contributed by atoms with Crippen molar-refractivity contribution in [3.8, 4) is 0 Å². The maximum absolute atomic E-state index is 12.4. The summed E-state index contributed by atoms with van der Waals surface area (Å²) in [6, 6.07) is 4.99. The molecule has 1 aromatic rings. The zero-order valence-electron chi connectivity index (χ0n) is 5.61. The maximum atomic E-state index is 12.4. The van der Waals surface area contributed by atoms with Crippen molar-refractivity contribution in [1.82, 2.24) is 0 Å². The molecule has 0 atom stereocenters. The van der Waals surface area contributed by atoms with Crippen LogP contribution in [0.15, 0.2) is 18.2 Å². The monoisotopic (exact) mass is 116 g/mol. The number of benzene rings is 1. The van der Waals surface area contributed by atoms with E-state index in [1.165, 1.54) is 12.1 Å². The number of rotatable bonds is 0. The molecule has 0 fully saturated rings. The van der Waals surface area contributed by atoms with Gasteiger partial charge in [-0.2, -0.15) is 0 Å². The summed E-state index contributed by atoms with van der Waals surface area (Å²) >= 11 is 1.88. The molecule has 42 valence electrons. The van der Waals surface area contributed by atoms with Crippen LogP contribution in [0.1, 0.15) is 5.56 Å². The first-order valence-electron chi connectivity index (χ1n) is 2.92. The molecule has 0 bridgehead atoms. The third-order valence-electron chi connectivity index (χ3n) is 1.19. The number of hydrogen-bond acceptors (Lipinski definition) is 0. The van der Waals surface area contributed by atoms with Crippen molar-refractivity contribution in [3.05, 3.63) is 29.6 Å². The molecule has 0 saturated carbocycles. The normalized spacial score (nSPS) is 9.78. The van der Waals surface area contributed by atoms with Crippen molar-refractivity contribution in [3.63, 3.8) is 0 Å². The van der Waals surface area contributed by atoms with Gasteiger partial charge >= 0.3 is 62.8 Å². The van der Waals surface area contributed by atoms with Gasteiger partial charge in [-0.1, -0.05) is 0 Å². The molecule has 0 aromatic heterocycles. The van der Waals surface area contributed by atoms with Gasteiger partial charge in [-0.15, -0.1) is 0 Å². The Morgan fingerprint density at radius 2 is 2.00 bits per heavy atom. The Morgan fingerprint density at radius 3 is 2.44 bits per heavy atom. The second-order valence-electron chi connectivity index (χ2n) is 2.31. The molecule has 0 aliphatic carbocycles. The molecule has 9 heavy (non-hydrogen) atoms. The van der Waals surface area contributed by atoms with Gasteiger partial charge in [0.15, 0.2) is 0 Å². The van der Waals surface area contributed by atoms with Crippen LogP contribution < -0.4 is 4.24 Å². The summed E-state index contributed by atoms with van der Waals surface area (Å²) in [5.74, 6) is -0.146. The minimum atomic E-state index is -0.146. The predicted octanol–water partition coefficient (Wildman–Crippen LogP) is 0.928. The summed E-state index contributed by atoms with van der Waals surface area (Å²) in [5.41, 5.74) is 0.979. The van der Waals surface area contributed by atoms with Gasteiger partial charge in [-0.25, -0.2) is 0 Å². The van der Waals surface area contributed by atoms with E-state index in [2.05, 4.69) is 0 Å². The van der Waals surface area contributed by atoms with Gasteiger partial charge < -0.3 is 0 Å². The average Bonchev–Trinajstić information content (AvgIpc) is 1.59. The average molecular weight is 116 g/mol. The molecule has 0 nitrogen and oxygen atoms in total. The standard InChI is InChI=1S/C7H6F.Li/c1-6-3-2-4-7(8)5-6;/h3-5H,1H3;. The van der Waals surface area contributed by atoms with E-state index in [4.69, 9.17) is 0 Å². The third-order valence-corrected chi connectivity index (χ3v) is 1.19.